The van der Waals surface area contributed by atoms with Crippen molar-refractivity contribution in [3.05, 3.63) is 75.9 Å². The van der Waals surface area contributed by atoms with Crippen LogP contribution in [0.3, 0.4) is 0 Å². The van der Waals surface area contributed by atoms with E-state index < -0.39 is 0 Å². The van der Waals surface area contributed by atoms with E-state index in [9.17, 15) is 4.79 Å². The Kier molecular flexibility index (Phi) is 6.91. The van der Waals surface area contributed by atoms with E-state index in [1.807, 2.05) is 70.6 Å². The fourth-order valence-electron chi connectivity index (χ4n) is 2.89. The summed E-state index contributed by atoms with van der Waals surface area (Å²) >= 11 is 9.00. The zero-order chi connectivity index (χ0) is 21.6. The lowest BCUT2D eigenvalue weighted by Gasteiger charge is -2.11. The van der Waals surface area contributed by atoms with E-state index >= 15 is 0 Å². The molecule has 0 fully saturated rings. The monoisotopic (exact) mass is 470 g/mol. The number of hydrogen-bond donors (Lipinski definition) is 1. The molecule has 2 heterocycles. The van der Waals surface area contributed by atoms with E-state index in [0.717, 1.165) is 21.9 Å². The number of nitrogens with one attached hydrogen (secondary N) is 1. The first-order valence-electron chi connectivity index (χ1n) is 9.41. The van der Waals surface area contributed by atoms with Crippen LogP contribution in [0.15, 0.2) is 71.2 Å². The van der Waals surface area contributed by atoms with Crippen molar-refractivity contribution in [3.63, 3.8) is 0 Å². The summed E-state index contributed by atoms with van der Waals surface area (Å²) in [6.07, 6.45) is 0. The standard InChI is InChI=1S/C22H19ClN4O2S2/c1-29-18-10-8-17(9-11-18)27-21(15-4-6-16(23)7-5-15)25-26-22(27)31-14-20(28)24-13-19-3-2-12-30-19/h2-12H,13-14H2,1H3,(H,24,28). The van der Waals surface area contributed by atoms with Crippen molar-refractivity contribution in [2.24, 2.45) is 0 Å². The molecule has 2 aromatic carbocycles. The number of rotatable bonds is 8. The highest BCUT2D eigenvalue weighted by Gasteiger charge is 2.17. The van der Waals surface area contributed by atoms with Gasteiger partial charge in [0.1, 0.15) is 5.75 Å². The van der Waals surface area contributed by atoms with E-state index in [1.54, 1.807) is 18.4 Å². The summed E-state index contributed by atoms with van der Waals surface area (Å²) in [5.41, 5.74) is 1.75. The van der Waals surface area contributed by atoms with Crippen molar-refractivity contribution in [2.75, 3.05) is 12.9 Å². The van der Waals surface area contributed by atoms with Gasteiger partial charge in [0.2, 0.25) is 5.91 Å². The number of ether oxygens (including phenoxy) is 1. The molecule has 0 bridgehead atoms. The zero-order valence-electron chi connectivity index (χ0n) is 16.6. The first kappa shape index (κ1) is 21.4. The molecule has 1 N–H and O–H groups in total. The second-order valence-corrected chi connectivity index (χ2v) is 8.90. The molecule has 158 valence electrons. The summed E-state index contributed by atoms with van der Waals surface area (Å²) in [6.45, 7) is 0.526. The average molecular weight is 471 g/mol. The third kappa shape index (κ3) is 5.28. The first-order chi connectivity index (χ1) is 15.1. The number of benzene rings is 2. The van der Waals surface area contributed by atoms with Gasteiger partial charge in [-0.1, -0.05) is 29.4 Å². The van der Waals surface area contributed by atoms with Gasteiger partial charge in [0.15, 0.2) is 11.0 Å². The maximum Gasteiger partial charge on any atom is 0.230 e. The maximum absolute atomic E-state index is 12.3. The molecule has 0 radical (unpaired) electrons. The molecule has 1 amide bonds. The van der Waals surface area contributed by atoms with Crippen molar-refractivity contribution in [2.45, 2.75) is 11.7 Å². The summed E-state index contributed by atoms with van der Waals surface area (Å²) in [7, 11) is 1.63. The lowest BCUT2D eigenvalue weighted by atomic mass is 10.2. The molecule has 6 nitrogen and oxygen atoms in total. The van der Waals surface area contributed by atoms with Crippen LogP contribution in [0.2, 0.25) is 5.02 Å². The van der Waals surface area contributed by atoms with Gasteiger partial charge in [0, 0.05) is 21.2 Å². The van der Waals surface area contributed by atoms with Crippen LogP contribution in [0.4, 0.5) is 0 Å². The molecule has 0 aliphatic heterocycles. The lowest BCUT2D eigenvalue weighted by molar-refractivity contribution is -0.118. The predicted octanol–water partition coefficient (Wildman–Crippen LogP) is 5.07. The van der Waals surface area contributed by atoms with Crippen molar-refractivity contribution >= 4 is 40.6 Å². The number of thiophene rings is 1. The fourth-order valence-corrected chi connectivity index (χ4v) is 4.45. The van der Waals surface area contributed by atoms with Gasteiger partial charge in [0.25, 0.3) is 0 Å². The zero-order valence-corrected chi connectivity index (χ0v) is 19.0. The number of methoxy groups -OCH3 is 1. The Labute approximate surface area is 193 Å². The topological polar surface area (TPSA) is 69.0 Å². The van der Waals surface area contributed by atoms with Crippen molar-refractivity contribution in [3.8, 4) is 22.8 Å². The highest BCUT2D eigenvalue weighted by molar-refractivity contribution is 7.99. The summed E-state index contributed by atoms with van der Waals surface area (Å²) in [5, 5.41) is 14.9. The molecule has 0 saturated heterocycles. The fraction of sp³-hybridized carbons (Fsp3) is 0.136. The lowest BCUT2D eigenvalue weighted by Crippen LogP contribution is -2.24. The number of carbonyl (C=O) groups excluding carboxylic acids is 1. The second-order valence-electron chi connectivity index (χ2n) is 6.49. The number of halogens is 1. The molecular weight excluding hydrogens is 452 g/mol. The largest absolute Gasteiger partial charge is 0.497 e. The van der Waals surface area contributed by atoms with Gasteiger partial charge in [-0.2, -0.15) is 0 Å². The molecule has 4 aromatic rings. The number of carbonyl (C=O) groups is 1. The molecule has 0 unspecified atom stereocenters. The number of thioether (sulfide) groups is 1. The quantitative estimate of drug-likeness (QED) is 0.364. The molecule has 0 saturated carbocycles. The van der Waals surface area contributed by atoms with Crippen LogP contribution in [0.1, 0.15) is 4.88 Å². The molecule has 0 atom stereocenters. The summed E-state index contributed by atoms with van der Waals surface area (Å²) < 4.78 is 7.20. The van der Waals surface area contributed by atoms with E-state index in [-0.39, 0.29) is 11.7 Å². The predicted molar refractivity (Wildman–Crippen MR) is 125 cm³/mol. The van der Waals surface area contributed by atoms with Crippen LogP contribution in [0.25, 0.3) is 17.1 Å². The first-order valence-corrected chi connectivity index (χ1v) is 11.7. The minimum absolute atomic E-state index is 0.0595. The third-order valence-corrected chi connectivity index (χ3v) is 6.50. The number of nitrogens with zero attached hydrogens (tertiary/aromatic N) is 3. The van der Waals surface area contributed by atoms with Gasteiger partial charge < -0.3 is 10.1 Å². The van der Waals surface area contributed by atoms with Crippen molar-refractivity contribution < 1.29 is 9.53 Å². The highest BCUT2D eigenvalue weighted by Crippen LogP contribution is 2.29. The van der Waals surface area contributed by atoms with Crippen LogP contribution < -0.4 is 10.1 Å². The van der Waals surface area contributed by atoms with Gasteiger partial charge in [-0.05, 0) is 60.0 Å². The van der Waals surface area contributed by atoms with Crippen LogP contribution in [-0.2, 0) is 11.3 Å². The Morgan fingerprint density at radius 1 is 1.13 bits per heavy atom. The Hall–Kier alpha value is -2.81. The van der Waals surface area contributed by atoms with Gasteiger partial charge >= 0.3 is 0 Å². The van der Waals surface area contributed by atoms with Crippen LogP contribution in [-0.4, -0.2) is 33.5 Å². The number of amides is 1. The SMILES string of the molecule is COc1ccc(-n2c(SCC(=O)NCc3cccs3)nnc2-c2ccc(Cl)cc2)cc1. The summed E-state index contributed by atoms with van der Waals surface area (Å²) in [6, 6.07) is 19.0. The van der Waals surface area contributed by atoms with Crippen molar-refractivity contribution in [1.29, 1.82) is 0 Å². The molecule has 4 rings (SSSR count). The van der Waals surface area contributed by atoms with Crippen molar-refractivity contribution in [1.82, 2.24) is 20.1 Å². The Bertz CT molecular complexity index is 1140. The summed E-state index contributed by atoms with van der Waals surface area (Å²) in [5.74, 6) is 1.60. The second kappa shape index (κ2) is 10.00. The Morgan fingerprint density at radius 2 is 1.90 bits per heavy atom. The molecule has 9 heteroatoms. The van der Waals surface area contributed by atoms with Crippen LogP contribution in [0.5, 0.6) is 5.75 Å². The maximum atomic E-state index is 12.3. The van der Waals surface area contributed by atoms with E-state index in [2.05, 4.69) is 15.5 Å². The average Bonchev–Trinajstić information content (AvgIpc) is 3.47. The van der Waals surface area contributed by atoms with Gasteiger partial charge in [-0.25, -0.2) is 0 Å². The molecular formula is C22H19ClN4O2S2. The minimum atomic E-state index is -0.0595. The molecule has 0 aliphatic carbocycles. The van der Waals surface area contributed by atoms with E-state index in [4.69, 9.17) is 16.3 Å². The smallest absolute Gasteiger partial charge is 0.230 e. The van der Waals surface area contributed by atoms with Crippen LogP contribution in [0, 0.1) is 0 Å². The van der Waals surface area contributed by atoms with E-state index in [0.29, 0.717) is 22.5 Å². The van der Waals surface area contributed by atoms with Crippen LogP contribution >= 0.6 is 34.7 Å². The van der Waals surface area contributed by atoms with Gasteiger partial charge in [0.05, 0.1) is 19.4 Å². The number of hydrogen-bond acceptors (Lipinski definition) is 6. The molecule has 31 heavy (non-hydrogen) atoms. The molecule has 0 aliphatic rings. The number of aromatic nitrogens is 3. The van der Waals surface area contributed by atoms with Gasteiger partial charge in [-0.15, -0.1) is 21.5 Å². The molecule has 2 aromatic heterocycles. The third-order valence-electron chi connectivity index (χ3n) is 4.44. The molecule has 0 spiro atoms. The Balaban J connectivity index is 1.57. The Morgan fingerprint density at radius 3 is 2.58 bits per heavy atom. The normalized spacial score (nSPS) is 10.8. The minimum Gasteiger partial charge on any atom is -0.497 e. The van der Waals surface area contributed by atoms with E-state index in [1.165, 1.54) is 11.8 Å². The highest BCUT2D eigenvalue weighted by atomic mass is 35.5. The summed E-state index contributed by atoms with van der Waals surface area (Å²) in [4.78, 5) is 13.5. The van der Waals surface area contributed by atoms with Gasteiger partial charge in [-0.3, -0.25) is 9.36 Å².